The van der Waals surface area contributed by atoms with Crippen molar-refractivity contribution >= 4 is 102 Å². The summed E-state index contributed by atoms with van der Waals surface area (Å²) in [7, 11) is -8.55. The van der Waals surface area contributed by atoms with E-state index in [1.807, 2.05) is 11.8 Å². The number of urea groups is 1. The van der Waals surface area contributed by atoms with Gasteiger partial charge in [-0.3, -0.25) is 32.2 Å². The molecular formula is C51H77B4N5O35P6S-6. The third-order valence-electron chi connectivity index (χ3n) is 16.2. The summed E-state index contributed by atoms with van der Waals surface area (Å²) in [5, 5.41) is 34.7. The van der Waals surface area contributed by atoms with Gasteiger partial charge in [-0.25, -0.2) is 9.48 Å². The predicted molar refractivity (Wildman–Crippen MR) is 337 cm³/mol. The fourth-order valence-electron chi connectivity index (χ4n) is 11.2. The number of rotatable bonds is 33. The van der Waals surface area contributed by atoms with Gasteiger partial charge < -0.3 is 138 Å². The zero-order valence-electron chi connectivity index (χ0n) is 54.6. The lowest BCUT2D eigenvalue weighted by Crippen LogP contribution is -2.42. The number of nitrogens with one attached hydrogen (secondary N) is 2. The van der Waals surface area contributed by atoms with Crippen molar-refractivity contribution < 1.29 is 164 Å². The average Bonchev–Trinajstić information content (AvgIpc) is 1.61. The van der Waals surface area contributed by atoms with Gasteiger partial charge in [0.05, 0.1) is 97.0 Å². The number of thioether (sulfide) groups is 1. The highest BCUT2D eigenvalue weighted by atomic mass is 32.2. The fourth-order valence-corrected chi connectivity index (χ4v) is 18.5. The number of unbranched alkanes of at least 4 members (excludes halogenated alkanes) is 4. The second-order valence-corrected chi connectivity index (χ2v) is 33.4. The van der Waals surface area contributed by atoms with E-state index in [1.165, 1.54) is 0 Å². The lowest BCUT2D eigenvalue weighted by atomic mass is 9.93. The number of aliphatic hydroxyl groups excluding tert-OH is 2. The highest BCUT2D eigenvalue weighted by molar-refractivity contribution is 8.00. The summed E-state index contributed by atoms with van der Waals surface area (Å²) in [4.78, 5) is 98.9. The molecule has 40 nitrogen and oxygen atoms in total. The normalized spacial score (nSPS) is 39.0. The number of terminal acetylenes is 1. The van der Waals surface area contributed by atoms with Crippen molar-refractivity contribution in [2.75, 3.05) is 85.0 Å². The fraction of sp³-hybridized carbons (Fsp3) is 0.882. The molecule has 4 N–H and O–H groups in total. The Morgan fingerprint density at radius 3 is 1.59 bits per heavy atom. The van der Waals surface area contributed by atoms with E-state index >= 15 is 0 Å². The monoisotopic (exact) mass is 1580 g/mol. The number of carbonyl (C=O) groups is 2. The topological polar surface area (TPSA) is 546 Å². The molecule has 8 saturated heterocycles. The van der Waals surface area contributed by atoms with E-state index in [0.717, 1.165) is 25.0 Å². The molecule has 0 bridgehead atoms. The molecule has 2 amide bonds. The third kappa shape index (κ3) is 27.2. The van der Waals surface area contributed by atoms with Crippen molar-refractivity contribution in [3.63, 3.8) is 0 Å². The molecule has 25 atom stereocenters. The number of ketones is 1. The van der Waals surface area contributed by atoms with E-state index < -0.39 is 171 Å². The summed E-state index contributed by atoms with van der Waals surface area (Å²) in [6.07, 6.45) is -6.62. The molecule has 8 fully saturated rings. The lowest BCUT2D eigenvalue weighted by molar-refractivity contribution is -0.249. The van der Waals surface area contributed by atoms with Gasteiger partial charge in [-0.15, -0.1) is 17.4 Å². The number of fused-ring (bicyclic) bond motifs is 5. The van der Waals surface area contributed by atoms with Gasteiger partial charge in [-0.05, 0) is 51.4 Å². The Labute approximate surface area is 596 Å². The van der Waals surface area contributed by atoms with Crippen LogP contribution in [-0.4, -0.2) is 268 Å². The van der Waals surface area contributed by atoms with Crippen LogP contribution in [0.15, 0.2) is 6.20 Å². The van der Waals surface area contributed by atoms with Crippen LogP contribution in [0, 0.1) is 12.3 Å². The summed E-state index contributed by atoms with van der Waals surface area (Å²) in [5.41, 5.74) is 0.643. The first kappa shape index (κ1) is 86.1. The van der Waals surface area contributed by atoms with Crippen LogP contribution in [0.2, 0.25) is 0 Å². The summed E-state index contributed by atoms with van der Waals surface area (Å²) in [5.74, 6) is 3.56. The third-order valence-corrected chi connectivity index (χ3v) is 23.6. The lowest BCUT2D eigenvalue weighted by Gasteiger charge is -2.36. The first-order chi connectivity index (χ1) is 48.2. The van der Waals surface area contributed by atoms with Crippen LogP contribution in [0.5, 0.6) is 0 Å². The molecule has 8 radical (unpaired) electrons. The number of aryl methyl sites for hydroxylation is 1. The second-order valence-electron chi connectivity index (χ2n) is 23.9. The van der Waals surface area contributed by atoms with Crippen molar-refractivity contribution in [3.05, 3.63) is 11.9 Å². The first-order valence-corrected chi connectivity index (χ1v) is 42.1. The molecule has 51 heteroatoms. The largest absolute Gasteiger partial charge is 0.756 e. The van der Waals surface area contributed by atoms with Gasteiger partial charge in [0.1, 0.15) is 110 Å². The van der Waals surface area contributed by atoms with E-state index in [2.05, 4.69) is 26.9 Å². The van der Waals surface area contributed by atoms with Gasteiger partial charge in [-0.2, -0.15) is 11.8 Å². The number of hydrogen-bond acceptors (Lipinski definition) is 38. The van der Waals surface area contributed by atoms with Gasteiger partial charge >= 0.3 is 6.03 Å². The number of nitrogens with zero attached hydrogens (tertiary/aromatic N) is 3. The van der Waals surface area contributed by atoms with E-state index in [9.17, 15) is 76.6 Å². The van der Waals surface area contributed by atoms with Crippen molar-refractivity contribution in [2.45, 2.75) is 198 Å². The Bertz CT molecular complexity index is 3210. The summed E-state index contributed by atoms with van der Waals surface area (Å²) < 4.78 is 173. The Kier molecular flexibility index (Phi) is 33.7. The number of hydrogen-bond donors (Lipinski definition) is 4. The van der Waals surface area contributed by atoms with E-state index in [4.69, 9.17) is 125 Å². The molecule has 1 aromatic heterocycles. The molecule has 9 rings (SSSR count). The quantitative estimate of drug-likeness (QED) is 0.0172. The van der Waals surface area contributed by atoms with Gasteiger partial charge in [0.25, 0.3) is 46.9 Å². The number of aromatic nitrogens is 3. The number of phosphoric acid groups is 6. The maximum atomic E-state index is 12.8. The smallest absolute Gasteiger partial charge is 0.315 e. The number of carbonyl (C=O) groups excluding carboxylic acids is 2. The Balaban J connectivity index is 0.000000309. The molecule has 102 heavy (non-hydrogen) atoms. The van der Waals surface area contributed by atoms with Gasteiger partial charge in [0.2, 0.25) is 0 Å². The molecule has 8 aliphatic heterocycles. The van der Waals surface area contributed by atoms with Crippen molar-refractivity contribution in [2.24, 2.45) is 0 Å². The molecule has 1 aromatic rings. The highest BCUT2D eigenvalue weighted by Gasteiger charge is 2.53. The highest BCUT2D eigenvalue weighted by Crippen LogP contribution is 2.54. The van der Waals surface area contributed by atoms with Gasteiger partial charge in [0, 0.05) is 67.1 Å². The Morgan fingerprint density at radius 2 is 1.08 bits per heavy atom. The zero-order chi connectivity index (χ0) is 74.0. The van der Waals surface area contributed by atoms with Gasteiger partial charge in [-0.1, -0.05) is 11.6 Å². The minimum absolute atomic E-state index is 0.0819. The zero-order valence-corrected chi connectivity index (χ0v) is 60.8. The van der Waals surface area contributed by atoms with E-state index in [0.29, 0.717) is 102 Å². The number of Topliss-reactive ketones (excluding diaryl/α,β-unsaturated/α-hetero) is 1. The standard InChI is InChI=1S/C35H58B2N5O20P3S.C16H25B2O15P3/c36-33-29(44)30-25(58-33)19-56-65(50,51)61-31-26(20-57-64(48,49)60-30)59-34(37)32(31)62-63(46,47)55-12-4-3-6-22-18-42(41-40-22)10-13-53-15-17-54-16-14-52-11-5-8-23(43)7-1-2-9-27-28-24(21-66-27)38-35(45)39-28;1-2-3-4-5-6-26-34(20,21)33-14-13-10(30-16(14)18)8-28-35(22,23)31-12-9(29-15(17)11(12)19)7-27-36(24,25)32-13/h18,24-34,44H,1-17,19-21H2,(H,46,47)(H,48,49)(H,50,51)(H2,38,39,45);1,9-16,19H,3-8H2,(H,20,21)(H,22,23)(H,24,25)/p-6/t24?,25-,26-,27?,28?,29?,30+,31?,32+,33-,34-;9-,10-,11?,12+,13?,14+,15-,16-/m11/s1. The van der Waals surface area contributed by atoms with Crippen molar-refractivity contribution in [3.8, 4) is 12.3 Å². The van der Waals surface area contributed by atoms with Crippen LogP contribution < -0.4 is 40.0 Å². The minimum atomic E-state index is -5.34. The molecule has 0 aliphatic carbocycles. The van der Waals surface area contributed by atoms with Crippen LogP contribution in [0.25, 0.3) is 0 Å². The maximum Gasteiger partial charge on any atom is 0.315 e. The van der Waals surface area contributed by atoms with Crippen molar-refractivity contribution in [1.82, 2.24) is 25.6 Å². The second kappa shape index (κ2) is 40.0. The van der Waals surface area contributed by atoms with Crippen LogP contribution >= 0.6 is 58.7 Å². The molecule has 0 aromatic carbocycles. The van der Waals surface area contributed by atoms with Crippen LogP contribution in [0.4, 0.5) is 4.79 Å². The molecule has 0 spiro atoms. The molecule has 8 aliphatic rings. The molecule has 0 saturated carbocycles. The number of ether oxygens (including phenoxy) is 7. The summed E-state index contributed by atoms with van der Waals surface area (Å²) in [6, 6.07) is -5.81. The number of aliphatic hydroxyl groups is 2. The summed E-state index contributed by atoms with van der Waals surface area (Å²) >= 11 is 1.88. The van der Waals surface area contributed by atoms with Crippen LogP contribution in [0.3, 0.4) is 0 Å². The Morgan fingerprint density at radius 1 is 0.627 bits per heavy atom. The average molecular weight is 1580 g/mol. The first-order valence-electron chi connectivity index (χ1n) is 32.3. The maximum absolute atomic E-state index is 12.8. The van der Waals surface area contributed by atoms with E-state index in [1.54, 1.807) is 10.9 Å². The summed E-state index contributed by atoms with van der Waals surface area (Å²) in [6.45, 7) is -1.46. The Hall–Kier alpha value is -1.45. The number of amides is 2. The molecule has 9 heterocycles. The SMILES string of the molecule is [B][C@@H]1O[C@@H]2COP(=O)([O-])OC3[C@@H](COP(=O)([O-])O[C@@H]2C1O)O[C@@H]([B])[C@H]3OP(=O)([O-])OCCCCC#C.[B][C@@H]1O[C@@H]2COP(=O)([O-])OC3[C@@H](COP(=O)([O-])O[C@@H]2C1O)O[C@@H]([B])[C@H]3OP(=O)([O-])OCCCCc1cn(CCOCCOCCOCCCC(=O)CCCCC2SCC3NC(=O)NC32)nn1. The molecule has 13 unspecified atom stereocenters. The van der Waals surface area contributed by atoms with Crippen molar-refractivity contribution in [1.29, 1.82) is 0 Å². The van der Waals surface area contributed by atoms with Crippen LogP contribution in [0.1, 0.15) is 76.3 Å². The predicted octanol–water partition coefficient (Wildman–Crippen LogP) is -3.94. The minimum Gasteiger partial charge on any atom is -0.756 e. The van der Waals surface area contributed by atoms with Crippen LogP contribution in [-0.2, 0) is 133 Å². The van der Waals surface area contributed by atoms with E-state index in [-0.39, 0.29) is 50.0 Å². The molecular weight excluding hydrogens is 1500 g/mol. The van der Waals surface area contributed by atoms with Gasteiger partial charge in [0.15, 0.2) is 0 Å². The number of phosphoric ester groups is 6. The molecule has 570 valence electrons.